The predicted molar refractivity (Wildman–Crippen MR) is 134 cm³/mol. The molecule has 174 valence electrons. The second-order valence-corrected chi connectivity index (χ2v) is 8.46. The van der Waals surface area contributed by atoms with E-state index in [4.69, 9.17) is 0 Å². The molecule has 0 spiro atoms. The van der Waals surface area contributed by atoms with E-state index in [1.54, 1.807) is 11.0 Å². The number of carbonyl (C=O) groups is 2. The van der Waals surface area contributed by atoms with E-state index < -0.39 is 0 Å². The summed E-state index contributed by atoms with van der Waals surface area (Å²) < 4.78 is 1.70. The van der Waals surface area contributed by atoms with Gasteiger partial charge in [0.05, 0.1) is 24.1 Å². The third kappa shape index (κ3) is 4.53. The van der Waals surface area contributed by atoms with Gasteiger partial charge in [0.1, 0.15) is 12.7 Å². The molecule has 4 unspecified atom stereocenters. The Hall–Kier alpha value is -2.76. The second kappa shape index (κ2) is 10.0. The Morgan fingerprint density at radius 2 is 1.79 bits per heavy atom. The van der Waals surface area contributed by atoms with E-state index in [-0.39, 0.29) is 59.5 Å². The first-order valence-corrected chi connectivity index (χ1v) is 11.2. The van der Waals surface area contributed by atoms with Gasteiger partial charge in [0, 0.05) is 19.6 Å². The zero-order chi connectivity index (χ0) is 22.1. The van der Waals surface area contributed by atoms with Crippen molar-refractivity contribution in [1.29, 1.82) is 0 Å². The van der Waals surface area contributed by atoms with Crippen molar-refractivity contribution in [3.63, 3.8) is 0 Å². The Kier molecular flexibility index (Phi) is 7.11. The van der Waals surface area contributed by atoms with E-state index in [0.717, 1.165) is 24.2 Å². The van der Waals surface area contributed by atoms with E-state index in [1.807, 2.05) is 31.2 Å². The lowest BCUT2D eigenvalue weighted by molar-refractivity contribution is -0.140. The summed E-state index contributed by atoms with van der Waals surface area (Å²) in [6.07, 6.45) is 8.35. The Balaban J connectivity index is 0.00000259. The number of likely N-dealkylation sites (tertiary alicyclic amines) is 1. The van der Waals surface area contributed by atoms with Crippen LogP contribution in [0.1, 0.15) is 18.9 Å². The van der Waals surface area contributed by atoms with Crippen molar-refractivity contribution in [3.8, 4) is 5.69 Å². The van der Waals surface area contributed by atoms with Crippen molar-refractivity contribution in [2.45, 2.75) is 19.9 Å². The Morgan fingerprint density at radius 3 is 2.39 bits per heavy atom. The average molecular weight is 561 g/mol. The number of fused-ring (bicyclic) bond motifs is 5. The molecule has 0 radical (unpaired) electrons. The van der Waals surface area contributed by atoms with Crippen molar-refractivity contribution in [3.05, 3.63) is 54.6 Å². The molecule has 1 aliphatic heterocycles. The molecule has 2 heterocycles. The third-order valence-corrected chi connectivity index (χ3v) is 6.57. The minimum Gasteiger partial charge on any atom is -0.357 e. The van der Waals surface area contributed by atoms with Crippen LogP contribution < -0.4 is 10.6 Å². The smallest absolute Gasteiger partial charge is 0.233 e. The van der Waals surface area contributed by atoms with Gasteiger partial charge in [-0.1, -0.05) is 24.3 Å². The van der Waals surface area contributed by atoms with Crippen LogP contribution in [0, 0.1) is 23.7 Å². The largest absolute Gasteiger partial charge is 0.357 e. The molecule has 2 N–H and O–H groups in total. The molecule has 10 heteroatoms. The maximum Gasteiger partial charge on any atom is 0.233 e. The summed E-state index contributed by atoms with van der Waals surface area (Å²) >= 11 is 0. The Bertz CT molecular complexity index is 1020. The van der Waals surface area contributed by atoms with Gasteiger partial charge in [0.25, 0.3) is 0 Å². The van der Waals surface area contributed by atoms with E-state index >= 15 is 0 Å². The lowest BCUT2D eigenvalue weighted by atomic mass is 9.85. The number of hydrogen-bond acceptors (Lipinski definition) is 5. The first-order valence-electron chi connectivity index (χ1n) is 11.2. The predicted octanol–water partition coefficient (Wildman–Crippen LogP) is 1.75. The van der Waals surface area contributed by atoms with Crippen LogP contribution >= 0.6 is 24.0 Å². The molecule has 1 aromatic heterocycles. The monoisotopic (exact) mass is 561 g/mol. The number of benzene rings is 1. The van der Waals surface area contributed by atoms with Gasteiger partial charge in [-0.25, -0.2) is 14.7 Å². The van der Waals surface area contributed by atoms with Crippen LogP contribution in [-0.2, 0) is 16.1 Å². The topological polar surface area (TPSA) is 105 Å². The van der Waals surface area contributed by atoms with Gasteiger partial charge in [0.15, 0.2) is 5.96 Å². The van der Waals surface area contributed by atoms with Crippen LogP contribution in [0.15, 0.2) is 54.1 Å². The number of nitrogens with zero attached hydrogens (tertiary/aromatic N) is 5. The van der Waals surface area contributed by atoms with Crippen LogP contribution in [0.4, 0.5) is 0 Å². The molecule has 2 amide bonds. The Morgan fingerprint density at radius 1 is 1.09 bits per heavy atom. The molecule has 33 heavy (non-hydrogen) atoms. The third-order valence-electron chi connectivity index (χ3n) is 6.57. The number of halogens is 1. The van der Waals surface area contributed by atoms with Gasteiger partial charge in [0.2, 0.25) is 11.8 Å². The number of aliphatic imine (C=N–C) groups is 1. The quantitative estimate of drug-likeness (QED) is 0.176. The van der Waals surface area contributed by atoms with Crippen molar-refractivity contribution >= 4 is 41.8 Å². The normalized spacial score (nSPS) is 25.4. The van der Waals surface area contributed by atoms with Crippen LogP contribution in [0.5, 0.6) is 0 Å². The van der Waals surface area contributed by atoms with E-state index in [9.17, 15) is 9.59 Å². The van der Waals surface area contributed by atoms with Gasteiger partial charge in [-0.05, 0) is 42.9 Å². The fraction of sp³-hybridized carbons (Fsp3) is 0.435. The number of carbonyl (C=O) groups excluding carboxylic acids is 2. The number of guanidine groups is 1. The molecule has 5 rings (SSSR count). The minimum atomic E-state index is -0.139. The van der Waals surface area contributed by atoms with Gasteiger partial charge in [-0.3, -0.25) is 14.5 Å². The molecule has 2 aliphatic carbocycles. The SMILES string of the molecule is CCNC(=NCc1ccc(-n2cncn2)cc1)NCCN1C(=O)C2C3C=CC(C3)C2C1=O.I. The molecular weight excluding hydrogens is 533 g/mol. The highest BCUT2D eigenvalue weighted by molar-refractivity contribution is 14.0. The van der Waals surface area contributed by atoms with Crippen molar-refractivity contribution in [1.82, 2.24) is 30.3 Å². The van der Waals surface area contributed by atoms with Gasteiger partial charge in [-0.15, -0.1) is 24.0 Å². The van der Waals surface area contributed by atoms with Crippen molar-refractivity contribution in [2.75, 3.05) is 19.6 Å². The summed E-state index contributed by atoms with van der Waals surface area (Å²) in [6.45, 7) is 4.06. The Labute approximate surface area is 209 Å². The van der Waals surface area contributed by atoms with Gasteiger partial charge in [-0.2, -0.15) is 5.10 Å². The zero-order valence-electron chi connectivity index (χ0n) is 18.4. The molecule has 1 saturated heterocycles. The number of nitrogens with one attached hydrogen (secondary N) is 2. The highest BCUT2D eigenvalue weighted by atomic mass is 127. The minimum absolute atomic E-state index is 0. The molecule has 1 aromatic carbocycles. The number of aromatic nitrogens is 3. The summed E-state index contributed by atoms with van der Waals surface area (Å²) in [5, 5.41) is 10.6. The molecule has 2 aromatic rings. The fourth-order valence-electron chi connectivity index (χ4n) is 5.08. The van der Waals surface area contributed by atoms with E-state index in [1.165, 1.54) is 11.2 Å². The van der Waals surface area contributed by atoms with E-state index in [2.05, 4.69) is 37.9 Å². The van der Waals surface area contributed by atoms with E-state index in [0.29, 0.717) is 25.6 Å². The molecule has 4 atom stereocenters. The fourth-order valence-corrected chi connectivity index (χ4v) is 5.08. The summed E-state index contributed by atoms with van der Waals surface area (Å²) in [7, 11) is 0. The highest BCUT2D eigenvalue weighted by Crippen LogP contribution is 2.52. The van der Waals surface area contributed by atoms with Gasteiger partial charge < -0.3 is 10.6 Å². The van der Waals surface area contributed by atoms with Crippen LogP contribution in [0.2, 0.25) is 0 Å². The summed E-state index contributed by atoms with van der Waals surface area (Å²) in [6, 6.07) is 7.96. The van der Waals surface area contributed by atoms with Crippen LogP contribution in [0.3, 0.4) is 0 Å². The number of rotatable bonds is 7. The molecule has 9 nitrogen and oxygen atoms in total. The molecule has 1 saturated carbocycles. The second-order valence-electron chi connectivity index (χ2n) is 8.46. The summed E-state index contributed by atoms with van der Waals surface area (Å²) in [5.41, 5.74) is 2.00. The number of hydrogen-bond donors (Lipinski definition) is 2. The molecular formula is C23H28IN7O2. The first-order chi connectivity index (χ1) is 15.7. The van der Waals surface area contributed by atoms with Crippen LogP contribution in [0.25, 0.3) is 5.69 Å². The standard InChI is InChI=1S/C23H27N7O2.HI/c1-2-25-23(27-12-15-3-7-18(8-4-15)30-14-24-13-28-30)26-9-10-29-21(31)19-16-5-6-17(11-16)20(19)22(29)32;/h3-8,13-14,16-17,19-20H,2,9-12H2,1H3,(H2,25,26,27);1H. The lowest BCUT2D eigenvalue weighted by Crippen LogP contribution is -2.43. The van der Waals surface area contributed by atoms with Crippen molar-refractivity contribution in [2.24, 2.45) is 28.7 Å². The molecule has 2 fully saturated rings. The first kappa shape index (κ1) is 23.4. The highest BCUT2D eigenvalue weighted by Gasteiger charge is 2.58. The number of amides is 2. The van der Waals surface area contributed by atoms with Gasteiger partial charge >= 0.3 is 0 Å². The number of allylic oxidation sites excluding steroid dienone is 2. The molecule has 2 bridgehead atoms. The molecule has 3 aliphatic rings. The zero-order valence-corrected chi connectivity index (χ0v) is 20.8. The van der Waals surface area contributed by atoms with Crippen LogP contribution in [-0.4, -0.2) is 57.1 Å². The average Bonchev–Trinajstić information content (AvgIpc) is 3.59. The lowest BCUT2D eigenvalue weighted by Gasteiger charge is -2.18. The summed E-state index contributed by atoms with van der Waals surface area (Å²) in [5.74, 6) is 0.860. The van der Waals surface area contributed by atoms with Crippen molar-refractivity contribution < 1.29 is 9.59 Å². The maximum absolute atomic E-state index is 12.8. The number of imide groups is 1. The summed E-state index contributed by atoms with van der Waals surface area (Å²) in [4.78, 5) is 35.6. The maximum atomic E-state index is 12.8.